The summed E-state index contributed by atoms with van der Waals surface area (Å²) in [5, 5.41) is 0. The standard InChI is InChI=1S/C15H17NO4S2/c1-3-11-9(2)6-13(11)12-5-4-10(15(16)17)7-14(12)22(19,20)8-21-18/h4-5,7-8,11,13H,2-3,6H2,1H3,(H2,16,17). The zero-order valence-electron chi connectivity index (χ0n) is 12.1. The molecule has 1 aromatic rings. The molecule has 0 heterocycles. The van der Waals surface area contributed by atoms with Crippen LogP contribution in [0.25, 0.3) is 0 Å². The molecule has 7 heteroatoms. The first-order valence-corrected chi connectivity index (χ1v) is 9.15. The van der Waals surface area contributed by atoms with Crippen molar-refractivity contribution in [1.29, 1.82) is 0 Å². The molecule has 1 amide bonds. The first kappa shape index (κ1) is 16.6. The Kier molecular flexibility index (Phi) is 4.67. The van der Waals surface area contributed by atoms with Crippen LogP contribution in [0.4, 0.5) is 0 Å². The highest BCUT2D eigenvalue weighted by Crippen LogP contribution is 2.49. The van der Waals surface area contributed by atoms with Crippen LogP contribution in [0.1, 0.15) is 41.6 Å². The van der Waals surface area contributed by atoms with Crippen LogP contribution in [0.3, 0.4) is 0 Å². The third-order valence-electron chi connectivity index (χ3n) is 4.10. The molecule has 0 radical (unpaired) electrons. The molecule has 0 saturated heterocycles. The summed E-state index contributed by atoms with van der Waals surface area (Å²) < 4.78 is 35.9. The van der Waals surface area contributed by atoms with Gasteiger partial charge in [0.1, 0.15) is 16.0 Å². The van der Waals surface area contributed by atoms with Gasteiger partial charge in [-0.1, -0.05) is 25.1 Å². The van der Waals surface area contributed by atoms with Crippen molar-refractivity contribution in [2.24, 2.45) is 11.7 Å². The van der Waals surface area contributed by atoms with Gasteiger partial charge in [-0.25, -0.2) is 12.6 Å². The van der Waals surface area contributed by atoms with Gasteiger partial charge in [0.2, 0.25) is 15.7 Å². The summed E-state index contributed by atoms with van der Waals surface area (Å²) in [4.78, 5) is 11.3. The Labute approximate surface area is 133 Å². The van der Waals surface area contributed by atoms with Crippen LogP contribution in [0.5, 0.6) is 0 Å². The van der Waals surface area contributed by atoms with Crippen molar-refractivity contribution in [2.45, 2.75) is 30.6 Å². The number of allylic oxidation sites excluding steroid dienone is 1. The zero-order valence-corrected chi connectivity index (χ0v) is 13.7. The fraction of sp³-hybridized carbons (Fsp3) is 0.333. The van der Waals surface area contributed by atoms with Gasteiger partial charge in [0.05, 0.1) is 4.90 Å². The molecule has 0 aromatic heterocycles. The van der Waals surface area contributed by atoms with Gasteiger partial charge in [0.25, 0.3) is 0 Å². The number of carbonyl (C=O) groups excluding carboxylic acids is 1. The topological polar surface area (TPSA) is 94.3 Å². The number of hydrogen-bond acceptors (Lipinski definition) is 4. The second-order valence-electron chi connectivity index (χ2n) is 5.34. The van der Waals surface area contributed by atoms with Gasteiger partial charge in [-0.05, 0) is 42.4 Å². The smallest absolute Gasteiger partial charge is 0.248 e. The summed E-state index contributed by atoms with van der Waals surface area (Å²) in [5.74, 6) is -0.453. The molecule has 5 nitrogen and oxygen atoms in total. The third kappa shape index (κ3) is 2.91. The summed E-state index contributed by atoms with van der Waals surface area (Å²) in [7, 11) is -3.88. The van der Waals surface area contributed by atoms with E-state index >= 15 is 0 Å². The molecule has 1 aliphatic carbocycles. The molecule has 2 unspecified atom stereocenters. The SMILES string of the molecule is C=C1CC(c2ccc(C(N)=O)cc2S(=O)(=O)C=S=O)C1CC. The summed E-state index contributed by atoms with van der Waals surface area (Å²) in [6.07, 6.45) is 1.57. The number of hydrogen-bond donors (Lipinski definition) is 1. The lowest BCUT2D eigenvalue weighted by atomic mass is 9.65. The van der Waals surface area contributed by atoms with Gasteiger partial charge in [-0.3, -0.25) is 4.79 Å². The van der Waals surface area contributed by atoms with Gasteiger partial charge in [-0.2, -0.15) is 0 Å². The monoisotopic (exact) mass is 339 g/mol. The predicted molar refractivity (Wildman–Crippen MR) is 86.6 cm³/mol. The molecule has 0 bridgehead atoms. The maximum absolute atomic E-state index is 12.3. The summed E-state index contributed by atoms with van der Waals surface area (Å²) in [6, 6.07) is 4.40. The maximum atomic E-state index is 12.3. The molecule has 1 saturated carbocycles. The number of primary amides is 1. The normalized spacial score (nSPS) is 21.0. The van der Waals surface area contributed by atoms with E-state index in [-0.39, 0.29) is 33.6 Å². The fourth-order valence-electron chi connectivity index (χ4n) is 2.94. The first-order chi connectivity index (χ1) is 10.3. The van der Waals surface area contributed by atoms with Crippen LogP contribution in [-0.4, -0.2) is 23.2 Å². The number of sulfone groups is 1. The van der Waals surface area contributed by atoms with Gasteiger partial charge < -0.3 is 5.73 Å². The second kappa shape index (κ2) is 6.18. The van der Waals surface area contributed by atoms with E-state index in [1.807, 2.05) is 6.92 Å². The number of amides is 1. The van der Waals surface area contributed by atoms with Crippen molar-refractivity contribution < 1.29 is 17.4 Å². The number of nitrogens with two attached hydrogens (primary N) is 1. The highest BCUT2D eigenvalue weighted by molar-refractivity contribution is 8.12. The minimum atomic E-state index is -3.88. The molecule has 0 spiro atoms. The molecule has 0 aliphatic heterocycles. The number of carbonyl (C=O) groups is 1. The highest BCUT2D eigenvalue weighted by atomic mass is 32.2. The Bertz CT molecular complexity index is 792. The lowest BCUT2D eigenvalue weighted by molar-refractivity contribution is 0.1000. The van der Waals surface area contributed by atoms with Crippen LogP contribution in [0, 0.1) is 5.92 Å². The largest absolute Gasteiger partial charge is 0.366 e. The average molecular weight is 339 g/mol. The minimum Gasteiger partial charge on any atom is -0.366 e. The fourth-order valence-corrected chi connectivity index (χ4v) is 4.61. The summed E-state index contributed by atoms with van der Waals surface area (Å²) in [6.45, 7) is 6.00. The van der Waals surface area contributed by atoms with Crippen LogP contribution >= 0.6 is 0 Å². The molecular formula is C15H17NO4S2. The Hall–Kier alpha value is -1.73. The summed E-state index contributed by atoms with van der Waals surface area (Å²) in [5.41, 5.74) is 7.05. The van der Waals surface area contributed by atoms with E-state index in [4.69, 9.17) is 5.73 Å². The van der Waals surface area contributed by atoms with E-state index in [2.05, 4.69) is 6.58 Å². The first-order valence-electron chi connectivity index (χ1n) is 6.80. The average Bonchev–Trinajstić information content (AvgIpc) is 2.44. The van der Waals surface area contributed by atoms with E-state index in [1.165, 1.54) is 12.1 Å². The van der Waals surface area contributed by atoms with Gasteiger partial charge in [0.15, 0.2) is 0 Å². The van der Waals surface area contributed by atoms with E-state index in [0.29, 0.717) is 16.7 Å². The van der Waals surface area contributed by atoms with Crippen LogP contribution in [0.15, 0.2) is 35.2 Å². The lowest BCUT2D eigenvalue weighted by Crippen LogP contribution is -2.28. The number of benzene rings is 1. The van der Waals surface area contributed by atoms with Crippen molar-refractivity contribution in [3.8, 4) is 0 Å². The Morgan fingerprint density at radius 2 is 2.18 bits per heavy atom. The lowest BCUT2D eigenvalue weighted by Gasteiger charge is -2.40. The number of rotatable bonds is 5. The molecule has 1 fully saturated rings. The van der Waals surface area contributed by atoms with Crippen LogP contribution < -0.4 is 5.73 Å². The van der Waals surface area contributed by atoms with Crippen LogP contribution in [-0.2, 0) is 21.1 Å². The Morgan fingerprint density at radius 3 is 2.68 bits per heavy atom. The van der Waals surface area contributed by atoms with Crippen molar-refractivity contribution in [3.63, 3.8) is 0 Å². The molecule has 2 N–H and O–H groups in total. The van der Waals surface area contributed by atoms with Crippen molar-refractivity contribution in [3.05, 3.63) is 41.5 Å². The molecular weight excluding hydrogens is 322 g/mol. The van der Waals surface area contributed by atoms with E-state index < -0.39 is 15.7 Å². The Balaban J connectivity index is 2.62. The molecule has 2 rings (SSSR count). The summed E-state index contributed by atoms with van der Waals surface area (Å²) >= 11 is -0.126. The second-order valence-corrected chi connectivity index (χ2v) is 7.83. The highest BCUT2D eigenvalue weighted by Gasteiger charge is 2.37. The van der Waals surface area contributed by atoms with Crippen molar-refractivity contribution in [1.82, 2.24) is 0 Å². The van der Waals surface area contributed by atoms with Crippen molar-refractivity contribution in [2.75, 3.05) is 0 Å². The predicted octanol–water partition coefficient (Wildman–Crippen LogP) is 1.60. The van der Waals surface area contributed by atoms with Gasteiger partial charge in [-0.15, -0.1) is 0 Å². The van der Waals surface area contributed by atoms with E-state index in [1.54, 1.807) is 6.07 Å². The molecule has 2 atom stereocenters. The molecule has 1 aliphatic rings. The van der Waals surface area contributed by atoms with Gasteiger partial charge >= 0.3 is 0 Å². The third-order valence-corrected chi connectivity index (χ3v) is 6.40. The van der Waals surface area contributed by atoms with Gasteiger partial charge in [0, 0.05) is 5.56 Å². The van der Waals surface area contributed by atoms with E-state index in [9.17, 15) is 17.4 Å². The molecule has 22 heavy (non-hydrogen) atoms. The van der Waals surface area contributed by atoms with Crippen molar-refractivity contribution >= 4 is 31.7 Å². The maximum Gasteiger partial charge on any atom is 0.248 e. The molecule has 1 aromatic carbocycles. The van der Waals surface area contributed by atoms with E-state index in [0.717, 1.165) is 12.0 Å². The minimum absolute atomic E-state index is 0.0110. The Morgan fingerprint density at radius 1 is 1.50 bits per heavy atom. The quantitative estimate of drug-likeness (QED) is 0.651. The zero-order chi connectivity index (χ0) is 16.5. The van der Waals surface area contributed by atoms with Crippen LogP contribution in [0.2, 0.25) is 0 Å². The molecule has 118 valence electrons.